The van der Waals surface area contributed by atoms with Crippen LogP contribution in [0, 0.1) is 0 Å². The third-order valence-electron chi connectivity index (χ3n) is 4.14. The van der Waals surface area contributed by atoms with E-state index in [0.717, 1.165) is 6.42 Å². The highest BCUT2D eigenvalue weighted by molar-refractivity contribution is 4.53. The van der Waals surface area contributed by atoms with Crippen LogP contribution in [-0.4, -0.2) is 6.17 Å². The second-order valence-electron chi connectivity index (χ2n) is 6.40. The molecule has 0 saturated carbocycles. The molecule has 0 spiro atoms. The lowest BCUT2D eigenvalue weighted by molar-refractivity contribution is 0.518. The molecule has 0 amide bonds. The summed E-state index contributed by atoms with van der Waals surface area (Å²) < 4.78 is 0. The summed E-state index contributed by atoms with van der Waals surface area (Å²) in [4.78, 5) is 0. The van der Waals surface area contributed by atoms with Crippen LogP contribution >= 0.6 is 0 Å². The van der Waals surface area contributed by atoms with Crippen LogP contribution in [0.3, 0.4) is 0 Å². The third-order valence-corrected chi connectivity index (χ3v) is 4.14. The number of nitrogens with two attached hydrogens (primary N) is 2. The SMILES string of the molecule is CCCCCCCCCCCCCCCCCC(N)N. The van der Waals surface area contributed by atoms with Crippen LogP contribution in [0.2, 0.25) is 0 Å². The van der Waals surface area contributed by atoms with Crippen LogP contribution in [0.4, 0.5) is 0 Å². The van der Waals surface area contributed by atoms with Gasteiger partial charge < -0.3 is 11.5 Å². The highest BCUT2D eigenvalue weighted by Gasteiger charge is 1.96. The molecule has 20 heavy (non-hydrogen) atoms. The summed E-state index contributed by atoms with van der Waals surface area (Å²) in [5.41, 5.74) is 11.0. The molecule has 0 unspecified atom stereocenters. The Morgan fingerprint density at radius 2 is 0.800 bits per heavy atom. The molecule has 0 rings (SSSR count). The molecule has 122 valence electrons. The van der Waals surface area contributed by atoms with E-state index in [1.165, 1.54) is 96.3 Å². The maximum Gasteiger partial charge on any atom is 0.0520 e. The molecule has 0 bridgehead atoms. The third kappa shape index (κ3) is 17.9. The fraction of sp³-hybridized carbons (Fsp3) is 1.00. The Morgan fingerprint density at radius 1 is 0.500 bits per heavy atom. The lowest BCUT2D eigenvalue weighted by Gasteiger charge is -2.05. The first-order valence-electron chi connectivity index (χ1n) is 9.28. The van der Waals surface area contributed by atoms with Crippen molar-refractivity contribution in [2.24, 2.45) is 11.5 Å². The monoisotopic (exact) mass is 284 g/mol. The molecule has 4 N–H and O–H groups in total. The van der Waals surface area contributed by atoms with Gasteiger partial charge in [0.25, 0.3) is 0 Å². The van der Waals surface area contributed by atoms with Crippen LogP contribution in [0.5, 0.6) is 0 Å². The normalized spacial score (nSPS) is 11.4. The van der Waals surface area contributed by atoms with Gasteiger partial charge in [-0.05, 0) is 6.42 Å². The number of hydrogen-bond donors (Lipinski definition) is 2. The Hall–Kier alpha value is -0.0800. The molecule has 0 aromatic heterocycles. The van der Waals surface area contributed by atoms with Gasteiger partial charge in [0.05, 0.1) is 6.17 Å². The molecule has 0 atom stereocenters. The van der Waals surface area contributed by atoms with Crippen LogP contribution in [0.25, 0.3) is 0 Å². The van der Waals surface area contributed by atoms with Crippen LogP contribution in [-0.2, 0) is 0 Å². The molecule has 0 aromatic rings. The van der Waals surface area contributed by atoms with Crippen molar-refractivity contribution in [3.8, 4) is 0 Å². The van der Waals surface area contributed by atoms with E-state index in [0.29, 0.717) is 0 Å². The number of rotatable bonds is 16. The summed E-state index contributed by atoms with van der Waals surface area (Å²) in [6.07, 6.45) is 22.0. The molecule has 0 aliphatic heterocycles. The second kappa shape index (κ2) is 17.0. The Bertz CT molecular complexity index is 169. The quantitative estimate of drug-likeness (QED) is 0.291. The lowest BCUT2D eigenvalue weighted by Crippen LogP contribution is -2.29. The molecular weight excluding hydrogens is 244 g/mol. The fourth-order valence-electron chi connectivity index (χ4n) is 2.75. The van der Waals surface area contributed by atoms with Gasteiger partial charge in [-0.3, -0.25) is 0 Å². The van der Waals surface area contributed by atoms with Crippen LogP contribution in [0.15, 0.2) is 0 Å². The van der Waals surface area contributed by atoms with Gasteiger partial charge in [-0.25, -0.2) is 0 Å². The first kappa shape index (κ1) is 19.9. The molecule has 0 radical (unpaired) electrons. The molecule has 0 heterocycles. The smallest absolute Gasteiger partial charge is 0.0520 e. The number of hydrogen-bond acceptors (Lipinski definition) is 2. The Labute approximate surface area is 128 Å². The van der Waals surface area contributed by atoms with E-state index < -0.39 is 0 Å². The highest BCUT2D eigenvalue weighted by atomic mass is 14.8. The first-order chi connectivity index (χ1) is 9.77. The van der Waals surface area contributed by atoms with Gasteiger partial charge in [-0.15, -0.1) is 0 Å². The molecule has 0 saturated heterocycles. The zero-order chi connectivity index (χ0) is 14.9. The van der Waals surface area contributed by atoms with E-state index in [9.17, 15) is 0 Å². The second-order valence-corrected chi connectivity index (χ2v) is 6.40. The van der Waals surface area contributed by atoms with Gasteiger partial charge in [-0.1, -0.05) is 103 Å². The molecule has 0 aromatic carbocycles. The molecule has 0 aliphatic rings. The zero-order valence-corrected chi connectivity index (χ0v) is 14.0. The zero-order valence-electron chi connectivity index (χ0n) is 14.0. The lowest BCUT2D eigenvalue weighted by atomic mass is 10.0. The average Bonchev–Trinajstić information content (AvgIpc) is 2.43. The topological polar surface area (TPSA) is 52.0 Å². The van der Waals surface area contributed by atoms with Gasteiger partial charge in [0, 0.05) is 0 Å². The Kier molecular flexibility index (Phi) is 16.9. The van der Waals surface area contributed by atoms with Gasteiger partial charge >= 0.3 is 0 Å². The molecular formula is C18H40N2. The molecule has 2 nitrogen and oxygen atoms in total. The number of unbranched alkanes of at least 4 members (excludes halogenated alkanes) is 14. The summed E-state index contributed by atoms with van der Waals surface area (Å²) >= 11 is 0. The van der Waals surface area contributed by atoms with E-state index in [2.05, 4.69) is 6.92 Å². The summed E-state index contributed by atoms with van der Waals surface area (Å²) in [6, 6.07) is 0. The largest absolute Gasteiger partial charge is 0.316 e. The van der Waals surface area contributed by atoms with E-state index in [1.807, 2.05) is 0 Å². The van der Waals surface area contributed by atoms with Crippen molar-refractivity contribution < 1.29 is 0 Å². The summed E-state index contributed by atoms with van der Waals surface area (Å²) in [5.74, 6) is 0. The first-order valence-corrected chi connectivity index (χ1v) is 9.28. The maximum atomic E-state index is 5.52. The van der Waals surface area contributed by atoms with E-state index in [1.54, 1.807) is 0 Å². The van der Waals surface area contributed by atoms with Crippen molar-refractivity contribution in [2.75, 3.05) is 0 Å². The van der Waals surface area contributed by atoms with Crippen molar-refractivity contribution in [1.29, 1.82) is 0 Å². The predicted octanol–water partition coefficient (Wildman–Crippen LogP) is 5.49. The van der Waals surface area contributed by atoms with Crippen molar-refractivity contribution in [1.82, 2.24) is 0 Å². The minimum absolute atomic E-state index is 0.100. The minimum atomic E-state index is -0.100. The van der Waals surface area contributed by atoms with Crippen molar-refractivity contribution in [2.45, 2.75) is 116 Å². The van der Waals surface area contributed by atoms with Crippen LogP contribution < -0.4 is 11.5 Å². The summed E-state index contributed by atoms with van der Waals surface area (Å²) in [5, 5.41) is 0. The maximum absolute atomic E-state index is 5.52. The molecule has 0 fully saturated rings. The van der Waals surface area contributed by atoms with E-state index in [-0.39, 0.29) is 6.17 Å². The van der Waals surface area contributed by atoms with Crippen molar-refractivity contribution >= 4 is 0 Å². The Morgan fingerprint density at radius 3 is 1.10 bits per heavy atom. The molecule has 0 aliphatic carbocycles. The summed E-state index contributed by atoms with van der Waals surface area (Å²) in [7, 11) is 0. The minimum Gasteiger partial charge on any atom is -0.316 e. The van der Waals surface area contributed by atoms with Gasteiger partial charge in [-0.2, -0.15) is 0 Å². The van der Waals surface area contributed by atoms with E-state index in [4.69, 9.17) is 11.5 Å². The van der Waals surface area contributed by atoms with E-state index >= 15 is 0 Å². The Balaban J connectivity index is 2.92. The predicted molar refractivity (Wildman–Crippen MR) is 91.7 cm³/mol. The van der Waals surface area contributed by atoms with Gasteiger partial charge in [0.15, 0.2) is 0 Å². The van der Waals surface area contributed by atoms with Gasteiger partial charge in [0.2, 0.25) is 0 Å². The van der Waals surface area contributed by atoms with Gasteiger partial charge in [0.1, 0.15) is 0 Å². The fourth-order valence-corrected chi connectivity index (χ4v) is 2.75. The average molecular weight is 285 g/mol. The van der Waals surface area contributed by atoms with Crippen molar-refractivity contribution in [3.63, 3.8) is 0 Å². The molecule has 2 heteroatoms. The van der Waals surface area contributed by atoms with Crippen LogP contribution in [0.1, 0.15) is 110 Å². The standard InChI is InChI=1S/C18H40N2/c1-2-3-4-5-6-7-8-9-10-11-12-13-14-15-16-17-18(19)20/h18H,2-17,19-20H2,1H3. The summed E-state index contributed by atoms with van der Waals surface area (Å²) in [6.45, 7) is 2.28. The highest BCUT2D eigenvalue weighted by Crippen LogP contribution is 2.13. The van der Waals surface area contributed by atoms with Crippen molar-refractivity contribution in [3.05, 3.63) is 0 Å².